The molecule has 19 heavy (non-hydrogen) atoms. The molecule has 1 rings (SSSR count). The molecular formula is C12H16F3N3O. The fourth-order valence-corrected chi connectivity index (χ4v) is 1.62. The Morgan fingerprint density at radius 2 is 1.84 bits per heavy atom. The van der Waals surface area contributed by atoms with E-state index in [-0.39, 0.29) is 17.3 Å². The second-order valence-electron chi connectivity index (χ2n) is 4.44. The van der Waals surface area contributed by atoms with Crippen molar-refractivity contribution in [2.45, 2.75) is 6.18 Å². The molecule has 1 aromatic rings. The van der Waals surface area contributed by atoms with Crippen molar-refractivity contribution in [3.8, 4) is 0 Å². The zero-order valence-corrected chi connectivity index (χ0v) is 11.0. The number of amides is 1. The predicted octanol–water partition coefficient (Wildman–Crippen LogP) is 1.97. The molecule has 0 spiro atoms. The first-order valence-electron chi connectivity index (χ1n) is 5.51. The van der Waals surface area contributed by atoms with E-state index in [1.54, 1.807) is 14.1 Å². The molecule has 0 atom stereocenters. The molecule has 0 unspecified atom stereocenters. The highest BCUT2D eigenvalue weighted by molar-refractivity contribution is 5.96. The van der Waals surface area contributed by atoms with Crippen LogP contribution in [0.2, 0.25) is 0 Å². The van der Waals surface area contributed by atoms with Gasteiger partial charge in [-0.2, -0.15) is 13.2 Å². The van der Waals surface area contributed by atoms with Gasteiger partial charge in [-0.25, -0.2) is 0 Å². The van der Waals surface area contributed by atoms with Crippen LogP contribution in [0, 0.1) is 0 Å². The largest absolute Gasteiger partial charge is 0.405 e. The lowest BCUT2D eigenvalue weighted by Crippen LogP contribution is -2.31. The number of rotatable bonds is 3. The minimum absolute atomic E-state index is 0.185. The molecule has 0 aliphatic rings. The summed E-state index contributed by atoms with van der Waals surface area (Å²) in [4.78, 5) is 14.1. The summed E-state index contributed by atoms with van der Waals surface area (Å²) in [5, 5.41) is 0. The smallest absolute Gasteiger partial charge is 0.397 e. The highest BCUT2D eigenvalue weighted by Gasteiger charge is 2.30. The van der Waals surface area contributed by atoms with Crippen molar-refractivity contribution in [2.24, 2.45) is 0 Å². The van der Waals surface area contributed by atoms with Crippen LogP contribution in [0.15, 0.2) is 18.2 Å². The molecule has 106 valence electrons. The van der Waals surface area contributed by atoms with E-state index in [0.29, 0.717) is 5.56 Å². The Labute approximate surface area is 109 Å². The summed E-state index contributed by atoms with van der Waals surface area (Å²) in [5.74, 6) is -0.290. The van der Waals surface area contributed by atoms with Gasteiger partial charge in [0.1, 0.15) is 6.54 Å². The van der Waals surface area contributed by atoms with Crippen LogP contribution < -0.4 is 10.6 Å². The number of alkyl halides is 3. The van der Waals surface area contributed by atoms with Gasteiger partial charge in [0.15, 0.2) is 0 Å². The van der Waals surface area contributed by atoms with E-state index in [4.69, 9.17) is 5.73 Å². The van der Waals surface area contributed by atoms with Crippen molar-refractivity contribution in [1.82, 2.24) is 4.90 Å². The normalized spacial score (nSPS) is 11.3. The van der Waals surface area contributed by atoms with Crippen LogP contribution in [0.5, 0.6) is 0 Å². The van der Waals surface area contributed by atoms with Crippen LogP contribution in [0.1, 0.15) is 10.4 Å². The van der Waals surface area contributed by atoms with Crippen LogP contribution in [-0.2, 0) is 0 Å². The minimum atomic E-state index is -4.33. The van der Waals surface area contributed by atoms with Gasteiger partial charge < -0.3 is 15.5 Å². The van der Waals surface area contributed by atoms with E-state index in [1.807, 2.05) is 0 Å². The maximum atomic E-state index is 12.4. The first kappa shape index (κ1) is 15.1. The molecule has 0 aliphatic carbocycles. The molecule has 4 nitrogen and oxygen atoms in total. The number of nitrogens with zero attached hydrogens (tertiary/aromatic N) is 2. The molecular weight excluding hydrogens is 259 g/mol. The Morgan fingerprint density at radius 1 is 1.26 bits per heavy atom. The molecule has 0 heterocycles. The second kappa shape index (κ2) is 5.38. The van der Waals surface area contributed by atoms with E-state index >= 15 is 0 Å². The van der Waals surface area contributed by atoms with E-state index in [1.165, 1.54) is 30.1 Å². The average molecular weight is 275 g/mol. The van der Waals surface area contributed by atoms with Crippen molar-refractivity contribution in [2.75, 3.05) is 38.3 Å². The van der Waals surface area contributed by atoms with Gasteiger partial charge in [-0.05, 0) is 18.2 Å². The molecule has 0 fully saturated rings. The number of benzene rings is 1. The molecule has 2 N–H and O–H groups in total. The predicted molar refractivity (Wildman–Crippen MR) is 68.2 cm³/mol. The highest BCUT2D eigenvalue weighted by Crippen LogP contribution is 2.27. The first-order chi connectivity index (χ1) is 8.61. The maximum absolute atomic E-state index is 12.4. The lowest BCUT2D eigenvalue weighted by molar-refractivity contribution is -0.119. The third-order valence-corrected chi connectivity index (χ3v) is 2.51. The Balaban J connectivity index is 3.07. The summed E-state index contributed by atoms with van der Waals surface area (Å²) >= 11 is 0. The van der Waals surface area contributed by atoms with Crippen LogP contribution in [0.25, 0.3) is 0 Å². The quantitative estimate of drug-likeness (QED) is 0.858. The summed E-state index contributed by atoms with van der Waals surface area (Å²) in [6, 6.07) is 4.28. The minimum Gasteiger partial charge on any atom is -0.397 e. The summed E-state index contributed by atoms with van der Waals surface area (Å²) in [6.07, 6.45) is -4.33. The van der Waals surface area contributed by atoms with Gasteiger partial charge in [0, 0.05) is 26.7 Å². The Morgan fingerprint density at radius 3 is 2.32 bits per heavy atom. The fraction of sp³-hybridized carbons (Fsp3) is 0.417. The van der Waals surface area contributed by atoms with Gasteiger partial charge in [-0.1, -0.05) is 0 Å². The van der Waals surface area contributed by atoms with Gasteiger partial charge in [-0.15, -0.1) is 0 Å². The third kappa shape index (κ3) is 4.04. The molecule has 1 aromatic carbocycles. The molecule has 0 aromatic heterocycles. The number of nitrogens with two attached hydrogens (primary N) is 1. The monoisotopic (exact) mass is 275 g/mol. The average Bonchev–Trinajstić information content (AvgIpc) is 2.26. The maximum Gasteiger partial charge on any atom is 0.405 e. The SMILES string of the molecule is CN(C)C(=O)c1ccc(N)c(N(C)CC(F)(F)F)c1. The molecule has 0 bridgehead atoms. The number of hydrogen-bond donors (Lipinski definition) is 1. The first-order valence-corrected chi connectivity index (χ1v) is 5.51. The van der Waals surface area contributed by atoms with Gasteiger partial charge in [0.2, 0.25) is 0 Å². The molecule has 7 heteroatoms. The number of nitrogen functional groups attached to an aromatic ring is 1. The lowest BCUT2D eigenvalue weighted by atomic mass is 10.1. The number of carbonyl (C=O) groups is 1. The van der Waals surface area contributed by atoms with Crippen molar-refractivity contribution in [1.29, 1.82) is 0 Å². The molecule has 0 radical (unpaired) electrons. The summed E-state index contributed by atoms with van der Waals surface area (Å²) < 4.78 is 37.1. The summed E-state index contributed by atoms with van der Waals surface area (Å²) in [6.45, 7) is -1.13. The zero-order valence-electron chi connectivity index (χ0n) is 11.0. The third-order valence-electron chi connectivity index (χ3n) is 2.51. The van der Waals surface area contributed by atoms with E-state index < -0.39 is 12.7 Å². The topological polar surface area (TPSA) is 49.6 Å². The van der Waals surface area contributed by atoms with Crippen LogP contribution in [0.4, 0.5) is 24.5 Å². The van der Waals surface area contributed by atoms with Gasteiger partial charge in [0.05, 0.1) is 11.4 Å². The summed E-state index contributed by atoms with van der Waals surface area (Å²) in [5.41, 5.74) is 6.33. The van der Waals surface area contributed by atoms with Crippen molar-refractivity contribution < 1.29 is 18.0 Å². The van der Waals surface area contributed by atoms with Gasteiger partial charge in [-0.3, -0.25) is 4.79 Å². The molecule has 0 saturated carbocycles. The van der Waals surface area contributed by atoms with Crippen molar-refractivity contribution in [3.05, 3.63) is 23.8 Å². The number of anilines is 2. The van der Waals surface area contributed by atoms with E-state index in [9.17, 15) is 18.0 Å². The lowest BCUT2D eigenvalue weighted by Gasteiger charge is -2.23. The highest BCUT2D eigenvalue weighted by atomic mass is 19.4. The number of carbonyl (C=O) groups excluding carboxylic acids is 1. The Bertz CT molecular complexity index is 472. The van der Waals surface area contributed by atoms with Crippen molar-refractivity contribution >= 4 is 17.3 Å². The standard InChI is InChI=1S/C12H16F3N3O/c1-17(2)11(19)8-4-5-9(16)10(6-8)18(3)7-12(13,14)15/h4-6H,7,16H2,1-3H3. The number of halogens is 3. The van der Waals surface area contributed by atoms with Gasteiger partial charge >= 0.3 is 6.18 Å². The Kier molecular flexibility index (Phi) is 4.28. The fourth-order valence-electron chi connectivity index (χ4n) is 1.62. The van der Waals surface area contributed by atoms with E-state index in [2.05, 4.69) is 0 Å². The zero-order chi connectivity index (χ0) is 14.8. The number of hydrogen-bond acceptors (Lipinski definition) is 3. The van der Waals surface area contributed by atoms with Crippen molar-refractivity contribution in [3.63, 3.8) is 0 Å². The second-order valence-corrected chi connectivity index (χ2v) is 4.44. The molecule has 1 amide bonds. The van der Waals surface area contributed by atoms with E-state index in [0.717, 1.165) is 4.90 Å². The van der Waals surface area contributed by atoms with Crippen LogP contribution >= 0.6 is 0 Å². The van der Waals surface area contributed by atoms with Crippen LogP contribution in [-0.4, -0.2) is 44.7 Å². The molecule has 0 saturated heterocycles. The van der Waals surface area contributed by atoms with Gasteiger partial charge in [0.25, 0.3) is 5.91 Å². The Hall–Kier alpha value is -1.92. The summed E-state index contributed by atoms with van der Waals surface area (Å²) in [7, 11) is 4.42. The molecule has 0 aliphatic heterocycles. The van der Waals surface area contributed by atoms with Crippen LogP contribution in [0.3, 0.4) is 0 Å².